The van der Waals surface area contributed by atoms with Gasteiger partial charge < -0.3 is 16.0 Å². The second-order valence-corrected chi connectivity index (χ2v) is 1.62. The predicted octanol–water partition coefficient (Wildman–Crippen LogP) is -0.215. The third kappa shape index (κ3) is 5.25. The highest BCUT2D eigenvalue weighted by atomic mass is 16.6. The number of hydrogen-bond acceptors (Lipinski definition) is 5. The summed E-state index contributed by atoms with van der Waals surface area (Å²) in [6, 6.07) is 0. The first-order valence-electron chi connectivity index (χ1n) is 2.64. The van der Waals surface area contributed by atoms with Crippen LogP contribution in [-0.4, -0.2) is 23.1 Å². The van der Waals surface area contributed by atoms with E-state index in [1.165, 1.54) is 6.92 Å². The molecule has 1 unspecified atom stereocenters. The molecule has 0 aliphatic carbocycles. The molecule has 0 spiro atoms. The van der Waals surface area contributed by atoms with E-state index < -0.39 is 18.0 Å². The van der Waals surface area contributed by atoms with Crippen LogP contribution in [-0.2, 0) is 14.3 Å². The van der Waals surface area contributed by atoms with Crippen LogP contribution in [0.15, 0.2) is 12.7 Å². The van der Waals surface area contributed by atoms with Crippen LogP contribution in [0, 0.1) is 0 Å². The first-order chi connectivity index (χ1) is 4.57. The zero-order chi connectivity index (χ0) is 8.15. The Bertz CT molecular complexity index is 164. The van der Waals surface area contributed by atoms with Gasteiger partial charge in [-0.25, -0.2) is 9.59 Å². The van der Waals surface area contributed by atoms with Crippen molar-refractivity contribution < 1.29 is 19.4 Å². The van der Waals surface area contributed by atoms with Gasteiger partial charge in [0.15, 0.2) is 0 Å². The fourth-order valence-corrected chi connectivity index (χ4v) is 0.226. The van der Waals surface area contributed by atoms with Gasteiger partial charge in [-0.1, -0.05) is 6.58 Å². The van der Waals surface area contributed by atoms with Gasteiger partial charge in [0.05, 0.1) is 0 Å². The van der Waals surface area contributed by atoms with E-state index in [2.05, 4.69) is 11.3 Å². The van der Waals surface area contributed by atoms with Gasteiger partial charge in [0, 0.05) is 6.08 Å². The summed E-state index contributed by atoms with van der Waals surface area (Å²) in [5.41, 5.74) is 0. The SMILES string of the molecule is C=CC(=O)OC(=O)C(C)O.N. The van der Waals surface area contributed by atoms with Crippen LogP contribution in [0.1, 0.15) is 6.92 Å². The molecule has 0 aliphatic heterocycles. The maximum atomic E-state index is 10.4. The summed E-state index contributed by atoms with van der Waals surface area (Å²) in [6.45, 7) is 4.27. The summed E-state index contributed by atoms with van der Waals surface area (Å²) in [4.78, 5) is 20.6. The molecule has 64 valence electrons. The zero-order valence-corrected chi connectivity index (χ0v) is 6.24. The van der Waals surface area contributed by atoms with Crippen LogP contribution in [0.25, 0.3) is 0 Å². The topological polar surface area (TPSA) is 98.6 Å². The minimum absolute atomic E-state index is 0. The van der Waals surface area contributed by atoms with Gasteiger partial charge in [-0.05, 0) is 6.92 Å². The summed E-state index contributed by atoms with van der Waals surface area (Å²) in [5.74, 6) is -1.82. The van der Waals surface area contributed by atoms with Crippen LogP contribution < -0.4 is 6.15 Å². The Morgan fingerprint density at radius 2 is 2.09 bits per heavy atom. The maximum Gasteiger partial charge on any atom is 0.342 e. The molecule has 0 aromatic heterocycles. The Morgan fingerprint density at radius 1 is 1.64 bits per heavy atom. The Balaban J connectivity index is 0. The monoisotopic (exact) mass is 161 g/mol. The zero-order valence-electron chi connectivity index (χ0n) is 6.24. The molecule has 0 aliphatic rings. The Morgan fingerprint density at radius 3 is 2.36 bits per heavy atom. The van der Waals surface area contributed by atoms with Gasteiger partial charge >= 0.3 is 11.9 Å². The lowest BCUT2D eigenvalue weighted by Crippen LogP contribution is -2.21. The number of ether oxygens (including phenoxy) is 1. The van der Waals surface area contributed by atoms with Crippen molar-refractivity contribution >= 4 is 11.9 Å². The summed E-state index contributed by atoms with van der Waals surface area (Å²) < 4.78 is 4.02. The van der Waals surface area contributed by atoms with Crippen molar-refractivity contribution in [1.82, 2.24) is 6.15 Å². The van der Waals surface area contributed by atoms with Crippen molar-refractivity contribution in [2.75, 3.05) is 0 Å². The van der Waals surface area contributed by atoms with Crippen LogP contribution >= 0.6 is 0 Å². The van der Waals surface area contributed by atoms with Gasteiger partial charge in [0.25, 0.3) is 0 Å². The average molecular weight is 161 g/mol. The summed E-state index contributed by atoms with van der Waals surface area (Å²) >= 11 is 0. The third-order valence-corrected chi connectivity index (χ3v) is 0.709. The van der Waals surface area contributed by atoms with Gasteiger partial charge in [-0.2, -0.15) is 0 Å². The molecule has 0 radical (unpaired) electrons. The van der Waals surface area contributed by atoms with Gasteiger partial charge in [0.1, 0.15) is 6.10 Å². The standard InChI is InChI=1S/C6H8O4.H3N/c1-3-5(8)10-6(9)4(2)7;/h3-4,7H,1H2,2H3;1H3. The molecule has 0 heterocycles. The first kappa shape index (κ1) is 12.5. The molecule has 11 heavy (non-hydrogen) atoms. The molecular formula is C6H11NO4. The summed E-state index contributed by atoms with van der Waals surface area (Å²) in [5, 5.41) is 8.50. The molecule has 4 N–H and O–H groups in total. The van der Waals surface area contributed by atoms with Crippen molar-refractivity contribution in [2.24, 2.45) is 0 Å². The largest absolute Gasteiger partial charge is 0.388 e. The molecule has 0 aromatic carbocycles. The first-order valence-corrected chi connectivity index (χ1v) is 2.64. The van der Waals surface area contributed by atoms with E-state index >= 15 is 0 Å². The number of carbonyl (C=O) groups excluding carboxylic acids is 2. The van der Waals surface area contributed by atoms with E-state index in [-0.39, 0.29) is 6.15 Å². The fraction of sp³-hybridized carbons (Fsp3) is 0.333. The quantitative estimate of drug-likeness (QED) is 0.331. The second kappa shape index (κ2) is 5.57. The molecule has 0 amide bonds. The van der Waals surface area contributed by atoms with E-state index in [1.807, 2.05) is 0 Å². The molecule has 5 heteroatoms. The highest BCUT2D eigenvalue weighted by Crippen LogP contribution is 1.87. The molecule has 5 nitrogen and oxygen atoms in total. The van der Waals surface area contributed by atoms with Crippen LogP contribution in [0.2, 0.25) is 0 Å². The van der Waals surface area contributed by atoms with E-state index in [0.717, 1.165) is 6.08 Å². The van der Waals surface area contributed by atoms with E-state index in [1.54, 1.807) is 0 Å². The Labute approximate surface area is 64.2 Å². The number of aliphatic hydroxyl groups excluding tert-OH is 1. The van der Waals surface area contributed by atoms with Crippen LogP contribution in [0.3, 0.4) is 0 Å². The normalized spacial score (nSPS) is 10.7. The maximum absolute atomic E-state index is 10.4. The van der Waals surface area contributed by atoms with Crippen molar-refractivity contribution in [3.05, 3.63) is 12.7 Å². The summed E-state index contributed by atoms with van der Waals surface area (Å²) in [7, 11) is 0. The van der Waals surface area contributed by atoms with Gasteiger partial charge in [0.2, 0.25) is 0 Å². The lowest BCUT2D eigenvalue weighted by molar-refractivity contribution is -0.162. The average Bonchev–Trinajstić information content (AvgIpc) is 1.87. The highest BCUT2D eigenvalue weighted by Gasteiger charge is 2.12. The van der Waals surface area contributed by atoms with Crippen LogP contribution in [0.5, 0.6) is 0 Å². The molecule has 0 bridgehead atoms. The van der Waals surface area contributed by atoms with Crippen LogP contribution in [0.4, 0.5) is 0 Å². The lowest BCUT2D eigenvalue weighted by Gasteiger charge is -2.00. The van der Waals surface area contributed by atoms with Crippen molar-refractivity contribution in [3.8, 4) is 0 Å². The summed E-state index contributed by atoms with van der Waals surface area (Å²) in [6.07, 6.45) is -0.427. The number of esters is 2. The molecule has 0 fully saturated rings. The Kier molecular flexibility index (Phi) is 6.32. The third-order valence-electron chi connectivity index (χ3n) is 0.709. The Hall–Kier alpha value is -1.20. The van der Waals surface area contributed by atoms with Crippen molar-refractivity contribution in [2.45, 2.75) is 13.0 Å². The number of rotatable bonds is 2. The number of aliphatic hydroxyl groups is 1. The van der Waals surface area contributed by atoms with E-state index in [9.17, 15) is 9.59 Å². The highest BCUT2D eigenvalue weighted by molar-refractivity contribution is 5.92. The lowest BCUT2D eigenvalue weighted by atomic mass is 10.4. The molecule has 0 aromatic rings. The second-order valence-electron chi connectivity index (χ2n) is 1.62. The fourth-order valence-electron chi connectivity index (χ4n) is 0.226. The molecule has 1 atom stereocenters. The molecular weight excluding hydrogens is 150 g/mol. The molecule has 0 rings (SSSR count). The predicted molar refractivity (Wildman–Crippen MR) is 38.0 cm³/mol. The molecule has 0 saturated carbocycles. The number of hydrogen-bond donors (Lipinski definition) is 2. The van der Waals surface area contributed by atoms with Gasteiger partial charge in [-0.3, -0.25) is 0 Å². The minimum atomic E-state index is -1.27. The van der Waals surface area contributed by atoms with E-state index in [4.69, 9.17) is 5.11 Å². The van der Waals surface area contributed by atoms with Gasteiger partial charge in [-0.15, -0.1) is 0 Å². The van der Waals surface area contributed by atoms with Crippen molar-refractivity contribution in [3.63, 3.8) is 0 Å². The van der Waals surface area contributed by atoms with Crippen molar-refractivity contribution in [1.29, 1.82) is 0 Å². The minimum Gasteiger partial charge on any atom is -0.388 e. The van der Waals surface area contributed by atoms with E-state index in [0.29, 0.717) is 0 Å². The number of carbonyl (C=O) groups is 2. The molecule has 0 saturated heterocycles. The smallest absolute Gasteiger partial charge is 0.342 e.